The van der Waals surface area contributed by atoms with Crippen LogP contribution in [0.5, 0.6) is 0 Å². The molecule has 3 aromatic rings. The molecular formula is C29H32O7. The van der Waals surface area contributed by atoms with Gasteiger partial charge in [-0.25, -0.2) is 0 Å². The third kappa shape index (κ3) is 5.21. The molecule has 1 N–H and O–H groups in total. The van der Waals surface area contributed by atoms with Crippen molar-refractivity contribution in [3.63, 3.8) is 0 Å². The van der Waals surface area contributed by atoms with Crippen molar-refractivity contribution in [3.05, 3.63) is 108 Å². The van der Waals surface area contributed by atoms with Crippen molar-refractivity contribution in [2.24, 2.45) is 0 Å². The molecule has 0 spiro atoms. The van der Waals surface area contributed by atoms with Gasteiger partial charge >= 0.3 is 5.97 Å². The van der Waals surface area contributed by atoms with Gasteiger partial charge in [0.1, 0.15) is 23.9 Å². The van der Waals surface area contributed by atoms with E-state index < -0.39 is 42.3 Å². The van der Waals surface area contributed by atoms with Crippen LogP contribution in [0.25, 0.3) is 0 Å². The Labute approximate surface area is 211 Å². The Bertz CT molecular complexity index is 994. The summed E-state index contributed by atoms with van der Waals surface area (Å²) in [6.45, 7) is 1.31. The Kier molecular flexibility index (Phi) is 8.51. The smallest absolute Gasteiger partial charge is 0.303 e. The predicted octanol–water partition coefficient (Wildman–Crippen LogP) is 3.67. The maximum absolute atomic E-state index is 12.0. The third-order valence-electron chi connectivity index (χ3n) is 6.46. The number of hydrogen-bond donors (Lipinski definition) is 1. The first-order valence-corrected chi connectivity index (χ1v) is 11.9. The highest BCUT2D eigenvalue weighted by atomic mass is 16.7. The molecule has 1 fully saturated rings. The molecule has 1 heterocycles. The molecule has 0 saturated carbocycles. The fourth-order valence-electron chi connectivity index (χ4n) is 4.86. The van der Waals surface area contributed by atoms with Crippen LogP contribution >= 0.6 is 0 Å². The van der Waals surface area contributed by atoms with Gasteiger partial charge in [-0.1, -0.05) is 91.0 Å². The Morgan fingerprint density at radius 3 is 1.61 bits per heavy atom. The summed E-state index contributed by atoms with van der Waals surface area (Å²) in [5.41, 5.74) is 1.75. The molecule has 0 aliphatic carbocycles. The Balaban J connectivity index is 1.78. The molecular weight excluding hydrogens is 460 g/mol. The lowest BCUT2D eigenvalue weighted by atomic mass is 9.80. The highest BCUT2D eigenvalue weighted by Gasteiger charge is 2.49. The van der Waals surface area contributed by atoms with Crippen molar-refractivity contribution in [3.8, 4) is 0 Å². The Morgan fingerprint density at radius 1 is 0.778 bits per heavy atom. The van der Waals surface area contributed by atoms with Gasteiger partial charge in [0.05, 0.1) is 6.61 Å². The van der Waals surface area contributed by atoms with E-state index in [1.165, 1.54) is 21.1 Å². The predicted molar refractivity (Wildman–Crippen MR) is 133 cm³/mol. The molecule has 4 rings (SSSR count). The van der Waals surface area contributed by atoms with E-state index in [0.29, 0.717) is 0 Å². The fourth-order valence-corrected chi connectivity index (χ4v) is 4.86. The molecule has 0 radical (unpaired) electrons. The van der Waals surface area contributed by atoms with Gasteiger partial charge in [0.2, 0.25) is 0 Å². The van der Waals surface area contributed by atoms with E-state index in [1.807, 2.05) is 91.0 Å². The summed E-state index contributed by atoms with van der Waals surface area (Å²) in [4.78, 5) is 12.0. The van der Waals surface area contributed by atoms with E-state index in [1.54, 1.807) is 0 Å². The number of hydrogen-bond acceptors (Lipinski definition) is 7. The zero-order valence-corrected chi connectivity index (χ0v) is 20.7. The quantitative estimate of drug-likeness (QED) is 0.360. The third-order valence-corrected chi connectivity index (χ3v) is 6.46. The largest absolute Gasteiger partial charge is 0.457 e. The van der Waals surface area contributed by atoms with Crippen molar-refractivity contribution < 1.29 is 33.6 Å². The zero-order valence-electron chi connectivity index (χ0n) is 20.7. The number of carbonyl (C=O) groups excluding carboxylic acids is 1. The second kappa shape index (κ2) is 11.8. The Morgan fingerprint density at radius 2 is 1.22 bits per heavy atom. The molecule has 7 heteroatoms. The van der Waals surface area contributed by atoms with E-state index in [2.05, 4.69) is 0 Å². The van der Waals surface area contributed by atoms with Gasteiger partial charge in [-0.05, 0) is 16.7 Å². The van der Waals surface area contributed by atoms with Crippen LogP contribution in [0.3, 0.4) is 0 Å². The van der Waals surface area contributed by atoms with Gasteiger partial charge in [0.15, 0.2) is 12.4 Å². The van der Waals surface area contributed by atoms with Crippen LogP contribution in [0.2, 0.25) is 0 Å². The van der Waals surface area contributed by atoms with Crippen molar-refractivity contribution in [1.29, 1.82) is 0 Å². The molecule has 36 heavy (non-hydrogen) atoms. The van der Waals surface area contributed by atoms with E-state index >= 15 is 0 Å². The topological polar surface area (TPSA) is 83.5 Å². The molecule has 5 unspecified atom stereocenters. The minimum atomic E-state index is -1.29. The van der Waals surface area contributed by atoms with Crippen LogP contribution in [0, 0.1) is 0 Å². The second-order valence-corrected chi connectivity index (χ2v) is 8.63. The van der Waals surface area contributed by atoms with Gasteiger partial charge in [0.25, 0.3) is 0 Å². The zero-order chi connectivity index (χ0) is 25.5. The average Bonchev–Trinajstić information content (AvgIpc) is 2.91. The summed E-state index contributed by atoms with van der Waals surface area (Å²) >= 11 is 0. The van der Waals surface area contributed by atoms with Gasteiger partial charge < -0.3 is 28.8 Å². The molecule has 1 saturated heterocycles. The van der Waals surface area contributed by atoms with Gasteiger partial charge in [0, 0.05) is 21.1 Å². The van der Waals surface area contributed by atoms with Gasteiger partial charge in [-0.15, -0.1) is 0 Å². The molecule has 5 atom stereocenters. The number of ether oxygens (including phenoxy) is 5. The first-order chi connectivity index (χ1) is 17.5. The first-order valence-electron chi connectivity index (χ1n) is 11.9. The summed E-state index contributed by atoms with van der Waals surface area (Å²) in [6.07, 6.45) is -4.56. The molecule has 7 nitrogen and oxygen atoms in total. The van der Waals surface area contributed by atoms with Crippen LogP contribution in [0.15, 0.2) is 91.0 Å². The SMILES string of the molecule is COC1C(O)OC(COC(c2ccccc2)(c2ccccc2)c2ccccc2)C(OC(C)=O)C1OC. The van der Waals surface area contributed by atoms with E-state index in [-0.39, 0.29) is 6.61 Å². The number of benzene rings is 3. The summed E-state index contributed by atoms with van der Waals surface area (Å²) < 4.78 is 29.3. The van der Waals surface area contributed by atoms with Crippen LogP contribution in [0.1, 0.15) is 23.6 Å². The normalized spacial score (nSPS) is 24.3. The highest BCUT2D eigenvalue weighted by molar-refractivity contribution is 5.66. The number of methoxy groups -OCH3 is 2. The molecule has 3 aromatic carbocycles. The molecule has 190 valence electrons. The minimum Gasteiger partial charge on any atom is -0.457 e. The standard InChI is InChI=1S/C29H32O7/c1-20(30)35-25-24(36-28(31)27(33-3)26(25)32-2)19-34-29(21-13-7-4-8-14-21,22-15-9-5-10-16-22)23-17-11-6-12-18-23/h4-18,24-28,31H,19H2,1-3H3. The van der Waals surface area contributed by atoms with Crippen molar-refractivity contribution in [2.45, 2.75) is 43.2 Å². The molecule has 1 aliphatic heterocycles. The average molecular weight is 493 g/mol. The number of esters is 1. The summed E-state index contributed by atoms with van der Waals surface area (Å²) in [5, 5.41) is 10.7. The highest BCUT2D eigenvalue weighted by Crippen LogP contribution is 2.41. The lowest BCUT2D eigenvalue weighted by Gasteiger charge is -2.44. The fraction of sp³-hybridized carbons (Fsp3) is 0.345. The lowest BCUT2D eigenvalue weighted by Crippen LogP contribution is -2.61. The maximum Gasteiger partial charge on any atom is 0.303 e. The lowest BCUT2D eigenvalue weighted by molar-refractivity contribution is -0.302. The molecule has 0 bridgehead atoms. The van der Waals surface area contributed by atoms with Crippen LogP contribution in [-0.4, -0.2) is 62.6 Å². The van der Waals surface area contributed by atoms with E-state index in [4.69, 9.17) is 23.7 Å². The summed E-state index contributed by atoms with van der Waals surface area (Å²) in [7, 11) is 2.92. The van der Waals surface area contributed by atoms with E-state index in [9.17, 15) is 9.90 Å². The van der Waals surface area contributed by atoms with Crippen LogP contribution in [0.4, 0.5) is 0 Å². The van der Waals surface area contributed by atoms with E-state index in [0.717, 1.165) is 16.7 Å². The minimum absolute atomic E-state index is 0.00994. The summed E-state index contributed by atoms with van der Waals surface area (Å²) in [5.74, 6) is -0.498. The monoisotopic (exact) mass is 492 g/mol. The number of aliphatic hydroxyl groups excluding tert-OH is 1. The van der Waals surface area contributed by atoms with Crippen LogP contribution < -0.4 is 0 Å². The maximum atomic E-state index is 12.0. The first kappa shape index (κ1) is 26.0. The molecule has 1 aliphatic rings. The van der Waals surface area contributed by atoms with Gasteiger partial charge in [-0.2, -0.15) is 0 Å². The Hall–Kier alpha value is -3.07. The molecule has 0 aromatic heterocycles. The van der Waals surface area contributed by atoms with Gasteiger partial charge in [-0.3, -0.25) is 4.79 Å². The summed E-state index contributed by atoms with van der Waals surface area (Å²) in [6, 6.07) is 29.7. The second-order valence-electron chi connectivity index (χ2n) is 8.63. The molecule has 0 amide bonds. The number of carbonyl (C=O) groups is 1. The van der Waals surface area contributed by atoms with Crippen molar-refractivity contribution in [1.82, 2.24) is 0 Å². The van der Waals surface area contributed by atoms with Crippen molar-refractivity contribution >= 4 is 5.97 Å². The van der Waals surface area contributed by atoms with Crippen molar-refractivity contribution in [2.75, 3.05) is 20.8 Å². The number of rotatable bonds is 9. The number of aliphatic hydroxyl groups is 1. The van der Waals surface area contributed by atoms with Crippen LogP contribution in [-0.2, 0) is 34.1 Å².